The second kappa shape index (κ2) is 6.70. The van der Waals surface area contributed by atoms with Crippen molar-refractivity contribution in [2.45, 2.75) is 25.7 Å². The third-order valence-corrected chi connectivity index (χ3v) is 4.17. The van der Waals surface area contributed by atoms with Gasteiger partial charge in [-0.05, 0) is 49.4 Å². The van der Waals surface area contributed by atoms with Gasteiger partial charge in [0.1, 0.15) is 12.1 Å². The van der Waals surface area contributed by atoms with Crippen LogP contribution in [0.15, 0.2) is 41.2 Å². The van der Waals surface area contributed by atoms with Crippen LogP contribution in [0.1, 0.15) is 34.5 Å². The lowest BCUT2D eigenvalue weighted by Crippen LogP contribution is -2.39. The van der Waals surface area contributed by atoms with Crippen molar-refractivity contribution in [3.8, 4) is 0 Å². The predicted octanol–water partition coefficient (Wildman–Crippen LogP) is 1.99. The first-order chi connectivity index (χ1) is 11.6. The fraction of sp³-hybridized carbons (Fsp3) is 0.278. The molecule has 3 rings (SSSR count). The Morgan fingerprint density at radius 3 is 2.54 bits per heavy atom. The van der Waals surface area contributed by atoms with Gasteiger partial charge in [-0.3, -0.25) is 19.3 Å². The number of nitrogens with zero attached hydrogens (tertiary/aromatic N) is 1. The van der Waals surface area contributed by atoms with Crippen LogP contribution in [-0.4, -0.2) is 28.5 Å². The zero-order valence-corrected chi connectivity index (χ0v) is 13.1. The quantitative estimate of drug-likeness (QED) is 0.899. The van der Waals surface area contributed by atoms with Crippen LogP contribution in [0.5, 0.6) is 0 Å². The topological polar surface area (TPSA) is 90.5 Å². The lowest BCUT2D eigenvalue weighted by molar-refractivity contribution is -0.135. The largest absolute Gasteiger partial charge is 0.480 e. The van der Waals surface area contributed by atoms with Gasteiger partial charge in [0.05, 0.1) is 0 Å². The van der Waals surface area contributed by atoms with Crippen molar-refractivity contribution in [1.29, 1.82) is 0 Å². The molecule has 0 bridgehead atoms. The Kier molecular flexibility index (Phi) is 4.46. The normalized spacial score (nSPS) is 13.2. The average Bonchev–Trinajstić information content (AvgIpc) is 2.59. The number of carboxylic acid groups (broad SMARTS) is 1. The molecule has 24 heavy (non-hydrogen) atoms. The van der Waals surface area contributed by atoms with E-state index in [4.69, 9.17) is 5.11 Å². The molecule has 0 atom stereocenters. The van der Waals surface area contributed by atoms with Crippen molar-refractivity contribution in [3.05, 3.63) is 63.6 Å². The summed E-state index contributed by atoms with van der Waals surface area (Å²) in [5.74, 6) is -1.74. The predicted molar refractivity (Wildman–Crippen MR) is 89.5 cm³/mol. The first-order valence-electron chi connectivity index (χ1n) is 7.90. The summed E-state index contributed by atoms with van der Waals surface area (Å²) >= 11 is 0. The number of pyridine rings is 1. The minimum Gasteiger partial charge on any atom is -0.480 e. The van der Waals surface area contributed by atoms with Crippen molar-refractivity contribution in [2.75, 3.05) is 11.4 Å². The fourth-order valence-corrected chi connectivity index (χ4v) is 3.00. The highest BCUT2D eigenvalue weighted by Crippen LogP contribution is 2.20. The van der Waals surface area contributed by atoms with Gasteiger partial charge >= 0.3 is 5.97 Å². The summed E-state index contributed by atoms with van der Waals surface area (Å²) in [7, 11) is 0. The first-order valence-corrected chi connectivity index (χ1v) is 7.90. The van der Waals surface area contributed by atoms with E-state index in [1.165, 1.54) is 0 Å². The van der Waals surface area contributed by atoms with Gasteiger partial charge in [-0.15, -0.1) is 0 Å². The summed E-state index contributed by atoms with van der Waals surface area (Å²) in [5, 5.41) is 9.12. The zero-order chi connectivity index (χ0) is 17.1. The number of fused-ring (bicyclic) bond motifs is 1. The number of aliphatic carboxylic acids is 1. The fourth-order valence-electron chi connectivity index (χ4n) is 3.00. The molecule has 1 aromatic carbocycles. The van der Waals surface area contributed by atoms with Gasteiger partial charge in [0.2, 0.25) is 0 Å². The van der Waals surface area contributed by atoms with Crippen LogP contribution in [0.25, 0.3) is 0 Å². The molecular formula is C18H18N2O4. The van der Waals surface area contributed by atoms with Crippen molar-refractivity contribution >= 4 is 17.6 Å². The molecular weight excluding hydrogens is 308 g/mol. The number of rotatable bonds is 4. The van der Waals surface area contributed by atoms with Crippen molar-refractivity contribution in [2.24, 2.45) is 0 Å². The first kappa shape index (κ1) is 16.0. The summed E-state index contributed by atoms with van der Waals surface area (Å²) in [6.45, 7) is -0.501. The van der Waals surface area contributed by atoms with Crippen LogP contribution >= 0.6 is 0 Å². The standard InChI is InChI=1S/C18H18N2O4/c21-16(22)11-20(13-7-2-1-3-8-13)18(24)14-10-12-6-4-5-9-15(12)19-17(14)23/h1-3,7-8,10H,4-6,9,11H2,(H,19,23)(H,21,22). The monoisotopic (exact) mass is 326 g/mol. The zero-order valence-electron chi connectivity index (χ0n) is 13.1. The molecule has 1 aliphatic rings. The molecule has 6 heteroatoms. The third-order valence-electron chi connectivity index (χ3n) is 4.17. The number of amides is 1. The van der Waals surface area contributed by atoms with Crippen LogP contribution in [0, 0.1) is 0 Å². The van der Waals surface area contributed by atoms with Crippen molar-refractivity contribution in [3.63, 3.8) is 0 Å². The Bertz CT molecular complexity index is 827. The van der Waals surface area contributed by atoms with Gasteiger partial charge in [0, 0.05) is 11.4 Å². The number of carbonyl (C=O) groups is 2. The Labute approximate surface area is 138 Å². The lowest BCUT2D eigenvalue weighted by Gasteiger charge is -2.22. The smallest absolute Gasteiger partial charge is 0.323 e. The van der Waals surface area contributed by atoms with Gasteiger partial charge in [0.15, 0.2) is 0 Å². The molecule has 0 fully saturated rings. The van der Waals surface area contributed by atoms with E-state index in [0.29, 0.717) is 5.69 Å². The molecule has 124 valence electrons. The van der Waals surface area contributed by atoms with E-state index >= 15 is 0 Å². The van der Waals surface area contributed by atoms with E-state index in [9.17, 15) is 14.4 Å². The summed E-state index contributed by atoms with van der Waals surface area (Å²) in [5.41, 5.74) is 1.81. The summed E-state index contributed by atoms with van der Waals surface area (Å²) < 4.78 is 0. The van der Waals surface area contributed by atoms with Crippen LogP contribution in [0.2, 0.25) is 0 Å². The van der Waals surface area contributed by atoms with E-state index < -0.39 is 24.0 Å². The Morgan fingerprint density at radius 1 is 1.12 bits per heavy atom. The van der Waals surface area contributed by atoms with E-state index in [0.717, 1.165) is 41.8 Å². The van der Waals surface area contributed by atoms with Gasteiger partial charge < -0.3 is 10.1 Å². The molecule has 1 heterocycles. The number of aryl methyl sites for hydroxylation is 2. The van der Waals surface area contributed by atoms with Crippen LogP contribution < -0.4 is 10.5 Å². The number of benzene rings is 1. The number of aromatic amines is 1. The molecule has 0 aliphatic heterocycles. The van der Waals surface area contributed by atoms with E-state index in [1.807, 2.05) is 0 Å². The highest BCUT2D eigenvalue weighted by molar-refractivity contribution is 6.08. The molecule has 6 nitrogen and oxygen atoms in total. The number of carboxylic acids is 1. The summed E-state index contributed by atoms with van der Waals surface area (Å²) in [6.07, 6.45) is 3.66. The minimum absolute atomic E-state index is 0.0132. The van der Waals surface area contributed by atoms with E-state index in [2.05, 4.69) is 4.98 Å². The molecule has 2 aromatic rings. The second-order valence-electron chi connectivity index (χ2n) is 5.84. The SMILES string of the molecule is O=C(O)CN(C(=O)c1cc2c([nH]c1=O)CCCC2)c1ccccc1. The number of H-pyrrole nitrogens is 1. The second-order valence-corrected chi connectivity index (χ2v) is 5.84. The van der Waals surface area contributed by atoms with Crippen LogP contribution in [0.4, 0.5) is 5.69 Å². The Balaban J connectivity index is 2.01. The maximum Gasteiger partial charge on any atom is 0.323 e. The van der Waals surface area contributed by atoms with Gasteiger partial charge in [-0.25, -0.2) is 0 Å². The number of aromatic nitrogens is 1. The van der Waals surface area contributed by atoms with Gasteiger partial charge in [-0.1, -0.05) is 18.2 Å². The van der Waals surface area contributed by atoms with Crippen molar-refractivity contribution in [1.82, 2.24) is 4.98 Å². The summed E-state index contributed by atoms with van der Waals surface area (Å²) in [6, 6.07) is 10.1. The molecule has 0 saturated carbocycles. The molecule has 1 aromatic heterocycles. The third kappa shape index (κ3) is 3.22. The molecule has 0 saturated heterocycles. The molecule has 0 spiro atoms. The highest BCUT2D eigenvalue weighted by atomic mass is 16.4. The number of hydrogen-bond acceptors (Lipinski definition) is 3. The van der Waals surface area contributed by atoms with Gasteiger partial charge in [-0.2, -0.15) is 0 Å². The Morgan fingerprint density at radius 2 is 1.83 bits per heavy atom. The minimum atomic E-state index is -1.14. The molecule has 1 amide bonds. The number of hydrogen-bond donors (Lipinski definition) is 2. The summed E-state index contributed by atoms with van der Waals surface area (Å²) in [4.78, 5) is 40.2. The molecule has 0 radical (unpaired) electrons. The number of carbonyl (C=O) groups excluding carboxylic acids is 1. The number of anilines is 1. The number of nitrogens with one attached hydrogen (secondary N) is 1. The van der Waals surface area contributed by atoms with Gasteiger partial charge in [0.25, 0.3) is 11.5 Å². The molecule has 1 aliphatic carbocycles. The maximum atomic E-state index is 12.8. The maximum absolute atomic E-state index is 12.8. The molecule has 0 unspecified atom stereocenters. The van der Waals surface area contributed by atoms with E-state index in [1.54, 1.807) is 36.4 Å². The Hall–Kier alpha value is -2.89. The average molecular weight is 326 g/mol. The van der Waals surface area contributed by atoms with Crippen LogP contribution in [0.3, 0.4) is 0 Å². The van der Waals surface area contributed by atoms with Crippen molar-refractivity contribution < 1.29 is 14.7 Å². The molecule has 2 N–H and O–H groups in total. The van der Waals surface area contributed by atoms with Crippen LogP contribution in [-0.2, 0) is 17.6 Å². The lowest BCUT2D eigenvalue weighted by atomic mass is 9.95. The highest BCUT2D eigenvalue weighted by Gasteiger charge is 2.24. The number of para-hydroxylation sites is 1. The van der Waals surface area contributed by atoms with E-state index in [-0.39, 0.29) is 5.56 Å².